The lowest BCUT2D eigenvalue weighted by atomic mass is 10.2. The van der Waals surface area contributed by atoms with Gasteiger partial charge < -0.3 is 9.88 Å². The molecule has 0 unspecified atom stereocenters. The Kier molecular flexibility index (Phi) is 4.70. The number of fused-ring (bicyclic) bond motifs is 1. The van der Waals surface area contributed by atoms with Gasteiger partial charge in [0.15, 0.2) is 0 Å². The average Bonchev–Trinajstić information content (AvgIpc) is 2.50. The highest BCUT2D eigenvalue weighted by Gasteiger charge is 2.35. The van der Waals surface area contributed by atoms with Crippen molar-refractivity contribution in [2.24, 2.45) is 0 Å². The molecule has 0 spiro atoms. The number of aromatic nitrogens is 2. The van der Waals surface area contributed by atoms with E-state index in [-0.39, 0.29) is 31.7 Å². The fourth-order valence-electron chi connectivity index (χ4n) is 2.72. The number of carbonyl (C=O) groups excluding carboxylic acids is 1. The number of H-pyrrole nitrogens is 1. The fourth-order valence-corrected chi connectivity index (χ4v) is 2.89. The molecular formula is C15H14ClF3N4O2. The quantitative estimate of drug-likeness (QED) is 0.889. The van der Waals surface area contributed by atoms with Crippen molar-refractivity contribution in [1.82, 2.24) is 19.8 Å². The number of carbonyl (C=O) groups is 1. The molecule has 1 aliphatic heterocycles. The summed E-state index contributed by atoms with van der Waals surface area (Å²) in [5.41, 5.74) is 0.106. The highest BCUT2D eigenvalue weighted by Crippen LogP contribution is 2.19. The van der Waals surface area contributed by atoms with Crippen molar-refractivity contribution < 1.29 is 18.0 Å². The molecule has 3 rings (SSSR count). The van der Waals surface area contributed by atoms with Gasteiger partial charge in [-0.1, -0.05) is 11.6 Å². The van der Waals surface area contributed by atoms with Crippen molar-refractivity contribution in [1.29, 1.82) is 0 Å². The third-order valence-corrected chi connectivity index (χ3v) is 4.09. The molecule has 0 aliphatic carbocycles. The normalized spacial score (nSPS) is 16.6. The molecule has 1 aromatic carbocycles. The molecule has 6 nitrogen and oxygen atoms in total. The van der Waals surface area contributed by atoms with Crippen molar-refractivity contribution in [2.45, 2.75) is 12.7 Å². The Morgan fingerprint density at radius 1 is 1.24 bits per heavy atom. The Bertz CT molecular complexity index is 868. The summed E-state index contributed by atoms with van der Waals surface area (Å²) in [6, 6.07) is 4.73. The van der Waals surface area contributed by atoms with E-state index in [1.807, 2.05) is 0 Å². The Morgan fingerprint density at radius 3 is 2.68 bits per heavy atom. The van der Waals surface area contributed by atoms with Gasteiger partial charge in [-0.05, 0) is 18.2 Å². The predicted octanol–water partition coefficient (Wildman–Crippen LogP) is 1.78. The highest BCUT2D eigenvalue weighted by molar-refractivity contribution is 6.31. The lowest BCUT2D eigenvalue weighted by Gasteiger charge is -2.34. The first-order valence-corrected chi connectivity index (χ1v) is 7.84. The molecule has 10 heteroatoms. The van der Waals surface area contributed by atoms with E-state index >= 15 is 0 Å². The van der Waals surface area contributed by atoms with Gasteiger partial charge in [-0.15, -0.1) is 0 Å². The van der Waals surface area contributed by atoms with Crippen molar-refractivity contribution >= 4 is 28.4 Å². The number of piperazine rings is 1. The summed E-state index contributed by atoms with van der Waals surface area (Å²) in [6.45, 7) is -0.987. The van der Waals surface area contributed by atoms with E-state index in [1.54, 1.807) is 17.0 Å². The average molecular weight is 375 g/mol. The number of halogens is 4. The molecule has 25 heavy (non-hydrogen) atoms. The Labute approximate surface area is 145 Å². The maximum Gasteiger partial charge on any atom is 0.406 e. The molecule has 0 saturated carbocycles. The van der Waals surface area contributed by atoms with E-state index in [1.165, 1.54) is 6.07 Å². The lowest BCUT2D eigenvalue weighted by molar-refractivity contribution is -0.165. The number of benzene rings is 1. The molecule has 1 fully saturated rings. The van der Waals surface area contributed by atoms with Crippen LogP contribution >= 0.6 is 11.6 Å². The summed E-state index contributed by atoms with van der Waals surface area (Å²) >= 11 is 5.85. The lowest BCUT2D eigenvalue weighted by Crippen LogP contribution is -2.52. The Balaban J connectivity index is 1.72. The SMILES string of the molecule is O=C1CN(Cc2nc3ccc(Cl)cc3c(=O)[nH]2)CCN1CC(F)(F)F. The summed E-state index contributed by atoms with van der Waals surface area (Å²) in [4.78, 5) is 33.3. The molecule has 0 radical (unpaired) electrons. The van der Waals surface area contributed by atoms with Crippen molar-refractivity contribution in [3.05, 3.63) is 39.4 Å². The molecule has 2 heterocycles. The minimum atomic E-state index is -4.41. The topological polar surface area (TPSA) is 69.3 Å². The van der Waals surface area contributed by atoms with Gasteiger partial charge in [0.2, 0.25) is 5.91 Å². The van der Waals surface area contributed by atoms with Gasteiger partial charge in [-0.3, -0.25) is 14.5 Å². The number of nitrogens with zero attached hydrogens (tertiary/aromatic N) is 3. The van der Waals surface area contributed by atoms with E-state index in [0.29, 0.717) is 21.7 Å². The number of amides is 1. The van der Waals surface area contributed by atoms with Crippen LogP contribution in [0.3, 0.4) is 0 Å². The van der Waals surface area contributed by atoms with Gasteiger partial charge in [-0.2, -0.15) is 13.2 Å². The zero-order valence-corrected chi connectivity index (χ0v) is 13.7. The minimum absolute atomic E-state index is 0.0221. The number of hydrogen-bond acceptors (Lipinski definition) is 4. The second-order valence-electron chi connectivity index (χ2n) is 5.82. The molecule has 0 atom stereocenters. The smallest absolute Gasteiger partial charge is 0.331 e. The third kappa shape index (κ3) is 4.29. The zero-order chi connectivity index (χ0) is 18.2. The monoisotopic (exact) mass is 374 g/mol. The molecule has 1 aromatic heterocycles. The summed E-state index contributed by atoms with van der Waals surface area (Å²) in [5.74, 6) is -0.254. The summed E-state index contributed by atoms with van der Waals surface area (Å²) < 4.78 is 37.2. The molecule has 134 valence electrons. The third-order valence-electron chi connectivity index (χ3n) is 3.86. The van der Waals surface area contributed by atoms with Crippen LogP contribution in [0.25, 0.3) is 10.9 Å². The first kappa shape index (κ1) is 17.7. The molecule has 2 aromatic rings. The predicted molar refractivity (Wildman–Crippen MR) is 85.3 cm³/mol. The van der Waals surface area contributed by atoms with Gasteiger partial charge >= 0.3 is 6.18 Å². The molecular weight excluding hydrogens is 361 g/mol. The van der Waals surface area contributed by atoms with Crippen LogP contribution in [0.15, 0.2) is 23.0 Å². The number of aromatic amines is 1. The number of alkyl halides is 3. The highest BCUT2D eigenvalue weighted by atomic mass is 35.5. The second-order valence-corrected chi connectivity index (χ2v) is 6.25. The molecule has 1 saturated heterocycles. The summed E-state index contributed by atoms with van der Waals surface area (Å²) in [7, 11) is 0. The molecule has 1 aliphatic rings. The summed E-state index contributed by atoms with van der Waals surface area (Å²) in [6.07, 6.45) is -4.41. The molecule has 0 bridgehead atoms. The van der Waals surface area contributed by atoms with Crippen molar-refractivity contribution in [2.75, 3.05) is 26.2 Å². The van der Waals surface area contributed by atoms with Gasteiger partial charge in [-0.25, -0.2) is 4.98 Å². The number of nitrogens with one attached hydrogen (secondary N) is 1. The first-order valence-electron chi connectivity index (χ1n) is 7.46. The van der Waals surface area contributed by atoms with E-state index in [9.17, 15) is 22.8 Å². The summed E-state index contributed by atoms with van der Waals surface area (Å²) in [5, 5.41) is 0.765. The van der Waals surface area contributed by atoms with Crippen LogP contribution in [0.2, 0.25) is 5.02 Å². The van der Waals surface area contributed by atoms with E-state index in [0.717, 1.165) is 4.90 Å². The van der Waals surface area contributed by atoms with Crippen LogP contribution in [-0.4, -0.2) is 58.0 Å². The van der Waals surface area contributed by atoms with Crippen LogP contribution < -0.4 is 5.56 Å². The van der Waals surface area contributed by atoms with E-state index in [4.69, 9.17) is 11.6 Å². The number of rotatable bonds is 3. The van der Waals surface area contributed by atoms with Crippen molar-refractivity contribution in [3.8, 4) is 0 Å². The Hall–Kier alpha value is -2.13. The molecule has 1 amide bonds. The van der Waals surface area contributed by atoms with Crippen LogP contribution in [0.1, 0.15) is 5.82 Å². The van der Waals surface area contributed by atoms with Crippen LogP contribution in [-0.2, 0) is 11.3 Å². The maximum absolute atomic E-state index is 12.4. The van der Waals surface area contributed by atoms with E-state index < -0.39 is 18.6 Å². The van der Waals surface area contributed by atoms with Crippen LogP contribution in [0.4, 0.5) is 13.2 Å². The fraction of sp³-hybridized carbons (Fsp3) is 0.400. The second kappa shape index (κ2) is 6.64. The van der Waals surface area contributed by atoms with Gasteiger partial charge in [0.25, 0.3) is 5.56 Å². The Morgan fingerprint density at radius 2 is 2.00 bits per heavy atom. The first-order chi connectivity index (χ1) is 11.7. The van der Waals surface area contributed by atoms with E-state index in [2.05, 4.69) is 9.97 Å². The van der Waals surface area contributed by atoms with Gasteiger partial charge in [0.05, 0.1) is 24.0 Å². The molecule has 1 N–H and O–H groups in total. The van der Waals surface area contributed by atoms with Crippen LogP contribution in [0, 0.1) is 0 Å². The maximum atomic E-state index is 12.4. The standard InChI is InChI=1S/C15H14ClF3N4O2/c16-9-1-2-11-10(5-9)14(25)21-12(20-11)6-22-3-4-23(13(24)7-22)8-15(17,18)19/h1-2,5H,3-4,6-8H2,(H,20,21,25). The van der Waals surface area contributed by atoms with Crippen LogP contribution in [0.5, 0.6) is 0 Å². The number of hydrogen-bond donors (Lipinski definition) is 1. The minimum Gasteiger partial charge on any atom is -0.331 e. The van der Waals surface area contributed by atoms with Gasteiger partial charge in [0, 0.05) is 18.1 Å². The largest absolute Gasteiger partial charge is 0.406 e. The zero-order valence-electron chi connectivity index (χ0n) is 12.9. The van der Waals surface area contributed by atoms with Gasteiger partial charge in [0.1, 0.15) is 12.4 Å². The van der Waals surface area contributed by atoms with Crippen molar-refractivity contribution in [3.63, 3.8) is 0 Å².